The highest BCUT2D eigenvalue weighted by molar-refractivity contribution is 7.99. The summed E-state index contributed by atoms with van der Waals surface area (Å²) in [6.07, 6.45) is 0. The Morgan fingerprint density at radius 2 is 1.95 bits per heavy atom. The van der Waals surface area contributed by atoms with Crippen molar-refractivity contribution in [3.63, 3.8) is 0 Å². The van der Waals surface area contributed by atoms with Crippen LogP contribution in [-0.2, 0) is 0 Å². The largest absolute Gasteiger partial charge is 0.310 e. The number of hydrogen-bond donors (Lipinski definition) is 1. The Morgan fingerprint density at radius 1 is 1.20 bits per heavy atom. The van der Waals surface area contributed by atoms with Crippen molar-refractivity contribution in [3.8, 4) is 0 Å². The van der Waals surface area contributed by atoms with Gasteiger partial charge in [0.15, 0.2) is 0 Å². The van der Waals surface area contributed by atoms with Crippen LogP contribution in [0.25, 0.3) is 0 Å². The van der Waals surface area contributed by atoms with Gasteiger partial charge in [0.05, 0.1) is 0 Å². The van der Waals surface area contributed by atoms with E-state index in [1.54, 1.807) is 0 Å². The molecular formula is C17H18FNS. The van der Waals surface area contributed by atoms with Crippen molar-refractivity contribution in [3.05, 3.63) is 65.5 Å². The van der Waals surface area contributed by atoms with Crippen molar-refractivity contribution in [2.24, 2.45) is 0 Å². The van der Waals surface area contributed by atoms with Crippen molar-refractivity contribution in [2.75, 3.05) is 12.3 Å². The first-order valence-electron chi connectivity index (χ1n) is 6.94. The fraction of sp³-hybridized carbons (Fsp3) is 0.294. The molecule has 2 aromatic rings. The average molecular weight is 287 g/mol. The van der Waals surface area contributed by atoms with Crippen LogP contribution in [0.15, 0.2) is 53.4 Å². The lowest BCUT2D eigenvalue weighted by molar-refractivity contribution is 0.539. The number of nitrogens with one attached hydrogen (secondary N) is 1. The number of hydrogen-bond acceptors (Lipinski definition) is 2. The maximum Gasteiger partial charge on any atom is 0.123 e. The summed E-state index contributed by atoms with van der Waals surface area (Å²) in [6, 6.07) is 15.6. The van der Waals surface area contributed by atoms with E-state index in [1.165, 1.54) is 22.6 Å². The normalized spacial score (nSPS) is 18.8. The quantitative estimate of drug-likeness (QED) is 0.896. The third kappa shape index (κ3) is 2.89. The highest BCUT2D eigenvalue weighted by Gasteiger charge is 2.22. The van der Waals surface area contributed by atoms with E-state index in [0.29, 0.717) is 5.92 Å². The molecule has 2 atom stereocenters. The fourth-order valence-electron chi connectivity index (χ4n) is 2.59. The number of thioether (sulfide) groups is 1. The molecule has 2 aromatic carbocycles. The van der Waals surface area contributed by atoms with Crippen molar-refractivity contribution in [1.29, 1.82) is 0 Å². The van der Waals surface area contributed by atoms with Crippen LogP contribution in [0.2, 0.25) is 0 Å². The van der Waals surface area contributed by atoms with Gasteiger partial charge in [-0.15, -0.1) is 11.8 Å². The van der Waals surface area contributed by atoms with E-state index in [1.807, 2.05) is 23.9 Å². The average Bonchev–Trinajstić information content (AvgIpc) is 2.89. The molecule has 0 spiro atoms. The molecule has 0 bridgehead atoms. The molecule has 0 aromatic heterocycles. The minimum absolute atomic E-state index is 0.179. The van der Waals surface area contributed by atoms with Crippen LogP contribution in [0.1, 0.15) is 30.0 Å². The van der Waals surface area contributed by atoms with Gasteiger partial charge in [0.25, 0.3) is 0 Å². The smallest absolute Gasteiger partial charge is 0.123 e. The first kappa shape index (κ1) is 13.7. The molecule has 20 heavy (non-hydrogen) atoms. The van der Waals surface area contributed by atoms with Crippen LogP contribution >= 0.6 is 11.8 Å². The molecule has 0 aliphatic carbocycles. The Hall–Kier alpha value is -1.32. The van der Waals surface area contributed by atoms with Crippen LogP contribution in [0.4, 0.5) is 4.39 Å². The van der Waals surface area contributed by atoms with Crippen LogP contribution in [-0.4, -0.2) is 12.3 Å². The highest BCUT2D eigenvalue weighted by Crippen LogP contribution is 2.39. The lowest BCUT2D eigenvalue weighted by Crippen LogP contribution is -2.24. The lowest BCUT2D eigenvalue weighted by atomic mass is 10.0. The van der Waals surface area contributed by atoms with Crippen molar-refractivity contribution in [2.45, 2.75) is 23.8 Å². The minimum atomic E-state index is -0.179. The Bertz CT molecular complexity index is 582. The fourth-order valence-corrected chi connectivity index (χ4v) is 3.84. The summed E-state index contributed by atoms with van der Waals surface area (Å²) in [7, 11) is 0. The second-order valence-electron chi connectivity index (χ2n) is 5.23. The van der Waals surface area contributed by atoms with Gasteiger partial charge in [-0.25, -0.2) is 4.39 Å². The van der Waals surface area contributed by atoms with Crippen LogP contribution in [0, 0.1) is 5.82 Å². The molecule has 104 valence electrons. The predicted octanol–water partition coefficient (Wildman–Crippen LogP) is 4.37. The van der Waals surface area contributed by atoms with Gasteiger partial charge in [-0.1, -0.05) is 30.3 Å². The zero-order valence-corrected chi connectivity index (χ0v) is 12.3. The number of benzene rings is 2. The Kier molecular flexibility index (Phi) is 4.08. The third-order valence-electron chi connectivity index (χ3n) is 3.84. The van der Waals surface area contributed by atoms with E-state index in [4.69, 9.17) is 0 Å². The molecule has 1 N–H and O–H groups in total. The number of fused-ring (bicyclic) bond motifs is 1. The first-order chi connectivity index (χ1) is 9.74. The summed E-state index contributed by atoms with van der Waals surface area (Å²) in [5.41, 5.74) is 2.58. The second-order valence-corrected chi connectivity index (χ2v) is 6.29. The molecule has 0 saturated heterocycles. The molecule has 3 heteroatoms. The summed E-state index contributed by atoms with van der Waals surface area (Å²) in [4.78, 5) is 1.41. The van der Waals surface area contributed by atoms with Crippen LogP contribution < -0.4 is 5.32 Å². The molecule has 3 rings (SSSR count). The molecule has 1 aliphatic heterocycles. The van der Waals surface area contributed by atoms with Gasteiger partial charge in [0.2, 0.25) is 0 Å². The minimum Gasteiger partial charge on any atom is -0.310 e. The number of rotatable bonds is 4. The van der Waals surface area contributed by atoms with Crippen LogP contribution in [0.3, 0.4) is 0 Å². The molecule has 1 heterocycles. The molecule has 0 radical (unpaired) electrons. The predicted molar refractivity (Wildman–Crippen MR) is 82.7 cm³/mol. The molecular weight excluding hydrogens is 269 g/mol. The lowest BCUT2D eigenvalue weighted by Gasteiger charge is -2.18. The summed E-state index contributed by atoms with van der Waals surface area (Å²) in [5, 5.41) is 3.57. The Labute approximate surface area is 123 Å². The summed E-state index contributed by atoms with van der Waals surface area (Å²) in [6.45, 7) is 3.09. The van der Waals surface area contributed by atoms with E-state index in [-0.39, 0.29) is 11.9 Å². The second kappa shape index (κ2) is 5.98. The van der Waals surface area contributed by atoms with E-state index in [2.05, 4.69) is 36.5 Å². The van der Waals surface area contributed by atoms with Crippen LogP contribution in [0.5, 0.6) is 0 Å². The van der Waals surface area contributed by atoms with Gasteiger partial charge in [-0.05, 0) is 36.2 Å². The van der Waals surface area contributed by atoms with E-state index >= 15 is 0 Å². The van der Waals surface area contributed by atoms with E-state index < -0.39 is 0 Å². The molecule has 1 unspecified atom stereocenters. The van der Waals surface area contributed by atoms with Crippen molar-refractivity contribution < 1.29 is 4.39 Å². The first-order valence-corrected chi connectivity index (χ1v) is 7.93. The SMILES string of the molecule is C[C@H](NCC1CSc2ccccc21)c1ccc(F)cc1. The summed E-state index contributed by atoms with van der Waals surface area (Å²) in [5.74, 6) is 1.53. The molecule has 0 fully saturated rings. The molecule has 1 nitrogen and oxygen atoms in total. The Balaban J connectivity index is 1.62. The topological polar surface area (TPSA) is 12.0 Å². The maximum atomic E-state index is 12.9. The Morgan fingerprint density at radius 3 is 2.75 bits per heavy atom. The monoisotopic (exact) mass is 287 g/mol. The van der Waals surface area contributed by atoms with Gasteiger partial charge >= 0.3 is 0 Å². The van der Waals surface area contributed by atoms with E-state index in [9.17, 15) is 4.39 Å². The molecule has 1 aliphatic rings. The van der Waals surface area contributed by atoms with E-state index in [0.717, 1.165) is 17.9 Å². The number of halogens is 1. The molecule has 0 saturated carbocycles. The third-order valence-corrected chi connectivity index (χ3v) is 5.09. The zero-order chi connectivity index (χ0) is 13.9. The highest BCUT2D eigenvalue weighted by atomic mass is 32.2. The van der Waals surface area contributed by atoms with Gasteiger partial charge in [-0.2, -0.15) is 0 Å². The van der Waals surface area contributed by atoms with Gasteiger partial charge in [-0.3, -0.25) is 0 Å². The molecule has 0 amide bonds. The summed E-state index contributed by atoms with van der Waals surface area (Å²) >= 11 is 1.94. The van der Waals surface area contributed by atoms with Gasteiger partial charge < -0.3 is 5.32 Å². The van der Waals surface area contributed by atoms with Gasteiger partial charge in [0.1, 0.15) is 5.82 Å². The summed E-state index contributed by atoms with van der Waals surface area (Å²) < 4.78 is 12.9. The maximum absolute atomic E-state index is 12.9. The standard InChI is InChI=1S/C17H18FNS/c1-12(13-6-8-15(18)9-7-13)19-10-14-11-20-17-5-3-2-4-16(14)17/h2-9,12,14,19H,10-11H2,1H3/t12-,14?/m0/s1. The zero-order valence-electron chi connectivity index (χ0n) is 11.5. The van der Waals surface area contributed by atoms with Gasteiger partial charge in [0, 0.05) is 29.2 Å². The van der Waals surface area contributed by atoms with Crippen molar-refractivity contribution >= 4 is 11.8 Å². The van der Waals surface area contributed by atoms with Crippen molar-refractivity contribution in [1.82, 2.24) is 5.32 Å².